The van der Waals surface area contributed by atoms with Gasteiger partial charge in [0.1, 0.15) is 5.82 Å². The Morgan fingerprint density at radius 1 is 1.19 bits per heavy atom. The van der Waals surface area contributed by atoms with Crippen LogP contribution in [0, 0.1) is 12.7 Å². The number of tetrazole rings is 1. The van der Waals surface area contributed by atoms with Crippen LogP contribution >= 0.6 is 11.6 Å². The largest absolute Gasteiger partial charge is 0.399 e. The maximum Gasteiger partial charge on any atom is 0.187 e. The van der Waals surface area contributed by atoms with Crippen LogP contribution in [0.4, 0.5) is 10.1 Å². The highest BCUT2D eigenvalue weighted by Crippen LogP contribution is 2.26. The molecule has 0 amide bonds. The van der Waals surface area contributed by atoms with Gasteiger partial charge in [-0.1, -0.05) is 11.6 Å². The lowest BCUT2D eigenvalue weighted by atomic mass is 10.1. The number of hydrogen-bond donors (Lipinski definition) is 1. The van der Waals surface area contributed by atoms with Gasteiger partial charge in [0.15, 0.2) is 5.82 Å². The molecule has 106 valence electrons. The fourth-order valence-corrected chi connectivity index (χ4v) is 2.19. The molecule has 21 heavy (non-hydrogen) atoms. The van der Waals surface area contributed by atoms with Crippen LogP contribution in [0.5, 0.6) is 0 Å². The predicted octanol–water partition coefficient (Wildman–Crippen LogP) is 3.01. The normalized spacial score (nSPS) is 10.8. The Morgan fingerprint density at radius 2 is 2.00 bits per heavy atom. The second-order valence-corrected chi connectivity index (χ2v) is 4.99. The summed E-state index contributed by atoms with van der Waals surface area (Å²) in [6, 6.07) is 9.47. The van der Waals surface area contributed by atoms with Gasteiger partial charge in [0.2, 0.25) is 0 Å². The average molecular weight is 304 g/mol. The van der Waals surface area contributed by atoms with Crippen molar-refractivity contribution in [2.24, 2.45) is 0 Å². The van der Waals surface area contributed by atoms with Crippen LogP contribution in [0.3, 0.4) is 0 Å². The van der Waals surface area contributed by atoms with E-state index in [0.717, 1.165) is 11.1 Å². The molecule has 0 saturated heterocycles. The van der Waals surface area contributed by atoms with Crippen molar-refractivity contribution in [3.8, 4) is 17.1 Å². The lowest BCUT2D eigenvalue weighted by Gasteiger charge is -2.08. The highest BCUT2D eigenvalue weighted by Gasteiger charge is 2.14. The standard InChI is InChI=1S/C14H11ClFN5/c1-8-6-9(2-5-12(8)17)14-18-19-20-21(14)13-7-10(16)3-4-11(13)15/h2-7H,17H2,1H3. The number of hydrogen-bond acceptors (Lipinski definition) is 4. The number of nitrogens with two attached hydrogens (primary N) is 1. The lowest BCUT2D eigenvalue weighted by molar-refractivity contribution is 0.625. The molecule has 2 aromatic carbocycles. The summed E-state index contributed by atoms with van der Waals surface area (Å²) in [5, 5.41) is 11.9. The van der Waals surface area contributed by atoms with E-state index < -0.39 is 5.82 Å². The molecular weight excluding hydrogens is 293 g/mol. The van der Waals surface area contributed by atoms with Gasteiger partial charge in [-0.3, -0.25) is 0 Å². The fraction of sp³-hybridized carbons (Fsp3) is 0.0714. The third kappa shape index (κ3) is 2.45. The number of halogens is 2. The minimum atomic E-state index is -0.413. The van der Waals surface area contributed by atoms with E-state index in [9.17, 15) is 4.39 Å². The third-order valence-electron chi connectivity index (χ3n) is 3.13. The maximum absolute atomic E-state index is 13.4. The van der Waals surface area contributed by atoms with Crippen molar-refractivity contribution in [3.63, 3.8) is 0 Å². The van der Waals surface area contributed by atoms with E-state index >= 15 is 0 Å². The maximum atomic E-state index is 13.4. The molecular formula is C14H11ClFN5. The van der Waals surface area contributed by atoms with Crippen LogP contribution in [-0.2, 0) is 0 Å². The van der Waals surface area contributed by atoms with Crippen molar-refractivity contribution in [2.75, 3.05) is 5.73 Å². The van der Waals surface area contributed by atoms with Crippen LogP contribution in [0.2, 0.25) is 5.02 Å². The molecule has 7 heteroatoms. The van der Waals surface area contributed by atoms with Gasteiger partial charge in [-0.2, -0.15) is 4.68 Å². The van der Waals surface area contributed by atoms with Gasteiger partial charge in [-0.15, -0.1) is 5.10 Å². The first-order valence-electron chi connectivity index (χ1n) is 6.16. The van der Waals surface area contributed by atoms with Crippen LogP contribution in [0.1, 0.15) is 5.56 Å². The van der Waals surface area contributed by atoms with E-state index in [1.165, 1.54) is 22.9 Å². The molecule has 2 N–H and O–H groups in total. The Balaban J connectivity index is 2.17. The minimum absolute atomic E-state index is 0.358. The smallest absolute Gasteiger partial charge is 0.187 e. The molecule has 0 aliphatic carbocycles. The van der Waals surface area contributed by atoms with E-state index in [2.05, 4.69) is 15.5 Å². The van der Waals surface area contributed by atoms with Gasteiger partial charge in [-0.05, 0) is 53.2 Å². The zero-order valence-electron chi connectivity index (χ0n) is 11.1. The Morgan fingerprint density at radius 3 is 2.76 bits per heavy atom. The molecule has 0 aliphatic heterocycles. The van der Waals surface area contributed by atoms with Gasteiger partial charge in [-0.25, -0.2) is 4.39 Å². The summed E-state index contributed by atoms with van der Waals surface area (Å²) in [4.78, 5) is 0. The summed E-state index contributed by atoms with van der Waals surface area (Å²) in [6.07, 6.45) is 0. The van der Waals surface area contributed by atoms with E-state index in [0.29, 0.717) is 22.2 Å². The molecule has 0 unspecified atom stereocenters. The molecule has 0 aliphatic rings. The number of nitrogen functional groups attached to an aromatic ring is 1. The van der Waals surface area contributed by atoms with Crippen LogP contribution in [0.25, 0.3) is 17.1 Å². The molecule has 0 fully saturated rings. The second-order valence-electron chi connectivity index (χ2n) is 4.58. The molecule has 1 heterocycles. The first-order valence-corrected chi connectivity index (χ1v) is 6.54. The number of benzene rings is 2. The molecule has 0 spiro atoms. The molecule has 5 nitrogen and oxygen atoms in total. The van der Waals surface area contributed by atoms with Crippen molar-refractivity contribution in [2.45, 2.75) is 6.92 Å². The second kappa shape index (κ2) is 5.14. The molecule has 0 radical (unpaired) electrons. The number of aromatic nitrogens is 4. The SMILES string of the molecule is Cc1cc(-c2nnnn2-c2cc(F)ccc2Cl)ccc1N. The summed E-state index contributed by atoms with van der Waals surface area (Å²) >= 11 is 6.10. The third-order valence-corrected chi connectivity index (χ3v) is 3.45. The lowest BCUT2D eigenvalue weighted by Crippen LogP contribution is -2.02. The van der Waals surface area contributed by atoms with E-state index in [-0.39, 0.29) is 0 Å². The minimum Gasteiger partial charge on any atom is -0.399 e. The Kier molecular flexibility index (Phi) is 3.31. The number of rotatable bonds is 2. The summed E-state index contributed by atoms with van der Waals surface area (Å²) in [5.74, 6) is 0.0509. The Hall–Kier alpha value is -2.47. The van der Waals surface area contributed by atoms with Crippen LogP contribution in [-0.4, -0.2) is 20.2 Å². The van der Waals surface area contributed by atoms with Crippen molar-refractivity contribution in [1.82, 2.24) is 20.2 Å². The average Bonchev–Trinajstić information content (AvgIpc) is 2.93. The zero-order valence-corrected chi connectivity index (χ0v) is 11.8. The number of nitrogens with zero attached hydrogens (tertiary/aromatic N) is 4. The number of anilines is 1. The molecule has 3 rings (SSSR count). The molecule has 0 saturated carbocycles. The van der Waals surface area contributed by atoms with Gasteiger partial charge in [0.05, 0.1) is 10.7 Å². The quantitative estimate of drug-likeness (QED) is 0.739. The van der Waals surface area contributed by atoms with E-state index in [1.807, 2.05) is 13.0 Å². The van der Waals surface area contributed by atoms with E-state index in [1.54, 1.807) is 12.1 Å². The topological polar surface area (TPSA) is 69.6 Å². The van der Waals surface area contributed by atoms with Gasteiger partial charge < -0.3 is 5.73 Å². The summed E-state index contributed by atoms with van der Waals surface area (Å²) in [5.41, 5.74) is 8.55. The molecule has 3 aromatic rings. The first-order chi connectivity index (χ1) is 10.1. The predicted molar refractivity (Wildman–Crippen MR) is 78.7 cm³/mol. The van der Waals surface area contributed by atoms with Gasteiger partial charge >= 0.3 is 0 Å². The van der Waals surface area contributed by atoms with Gasteiger partial charge in [0, 0.05) is 17.3 Å². The molecule has 1 aromatic heterocycles. The van der Waals surface area contributed by atoms with Crippen LogP contribution in [0.15, 0.2) is 36.4 Å². The summed E-state index contributed by atoms with van der Waals surface area (Å²) < 4.78 is 14.8. The monoisotopic (exact) mass is 303 g/mol. The van der Waals surface area contributed by atoms with Crippen LogP contribution < -0.4 is 5.73 Å². The van der Waals surface area contributed by atoms with Crippen molar-refractivity contribution >= 4 is 17.3 Å². The van der Waals surface area contributed by atoms with Crippen molar-refractivity contribution in [3.05, 3.63) is 52.8 Å². The Bertz CT molecular complexity index is 815. The summed E-state index contributed by atoms with van der Waals surface area (Å²) in [6.45, 7) is 1.89. The van der Waals surface area contributed by atoms with E-state index in [4.69, 9.17) is 17.3 Å². The highest BCUT2D eigenvalue weighted by atomic mass is 35.5. The zero-order chi connectivity index (χ0) is 15.0. The fourth-order valence-electron chi connectivity index (χ4n) is 1.99. The molecule has 0 atom stereocenters. The molecule has 0 bridgehead atoms. The van der Waals surface area contributed by atoms with Crippen molar-refractivity contribution in [1.29, 1.82) is 0 Å². The highest BCUT2D eigenvalue weighted by molar-refractivity contribution is 6.32. The summed E-state index contributed by atoms with van der Waals surface area (Å²) in [7, 11) is 0. The Labute approximate surface area is 125 Å². The van der Waals surface area contributed by atoms with Gasteiger partial charge in [0.25, 0.3) is 0 Å². The number of aryl methyl sites for hydroxylation is 1. The van der Waals surface area contributed by atoms with Crippen molar-refractivity contribution < 1.29 is 4.39 Å². The first kappa shape index (κ1) is 13.5.